The summed E-state index contributed by atoms with van der Waals surface area (Å²) < 4.78 is 5.53. The molecule has 4 heteroatoms. The third-order valence-corrected chi connectivity index (χ3v) is 2.66. The zero-order valence-electron chi connectivity index (χ0n) is 11.1. The fraction of sp³-hybridized carbons (Fsp3) is 0.500. The van der Waals surface area contributed by atoms with Crippen LogP contribution in [0.4, 0.5) is 0 Å². The molecule has 1 aromatic carbocycles. The number of alkyl halides is 1. The monoisotopic (exact) mass is 269 g/mol. The van der Waals surface area contributed by atoms with Gasteiger partial charge in [-0.05, 0) is 31.5 Å². The minimum atomic E-state index is -0.0309. The maximum atomic E-state index is 11.7. The van der Waals surface area contributed by atoms with Gasteiger partial charge in [-0.2, -0.15) is 0 Å². The minimum Gasteiger partial charge on any atom is -0.493 e. The lowest BCUT2D eigenvalue weighted by atomic mass is 10.2. The first-order valence-corrected chi connectivity index (χ1v) is 6.50. The molecule has 1 amide bonds. The number of aryl methyl sites for hydroxylation is 1. The predicted octanol–water partition coefficient (Wildman–Crippen LogP) is 2.85. The molecule has 3 nitrogen and oxygen atoms in total. The molecule has 0 N–H and O–H groups in total. The fourth-order valence-corrected chi connectivity index (χ4v) is 1.84. The number of amides is 1. The van der Waals surface area contributed by atoms with E-state index in [0.717, 1.165) is 11.3 Å². The van der Waals surface area contributed by atoms with Crippen LogP contribution < -0.4 is 4.74 Å². The van der Waals surface area contributed by atoms with Crippen molar-refractivity contribution in [1.82, 2.24) is 4.90 Å². The maximum Gasteiger partial charge on any atom is 0.225 e. The smallest absolute Gasteiger partial charge is 0.225 e. The highest BCUT2D eigenvalue weighted by Crippen LogP contribution is 2.12. The first kappa shape index (κ1) is 14.8. The molecule has 1 aromatic rings. The summed E-state index contributed by atoms with van der Waals surface area (Å²) in [5, 5.41) is -0.0309. The standard InChI is InChI=1S/C14H20ClNO2/c1-11-5-4-6-13(9-11)18-8-7-14(17)16(3)10-12(2)15/h4-6,9,12H,7-8,10H2,1-3H3. The molecule has 1 unspecified atom stereocenters. The van der Waals surface area contributed by atoms with Crippen LogP contribution in [0.3, 0.4) is 0 Å². The van der Waals surface area contributed by atoms with E-state index in [1.807, 2.05) is 38.1 Å². The van der Waals surface area contributed by atoms with Crippen LogP contribution in [-0.2, 0) is 4.79 Å². The molecule has 0 heterocycles. The quantitative estimate of drug-likeness (QED) is 0.743. The second-order valence-electron chi connectivity index (χ2n) is 4.47. The lowest BCUT2D eigenvalue weighted by molar-refractivity contribution is -0.130. The molecule has 0 aliphatic heterocycles. The maximum absolute atomic E-state index is 11.7. The molecule has 0 aromatic heterocycles. The Labute approximate surface area is 114 Å². The molecule has 0 aliphatic carbocycles. The van der Waals surface area contributed by atoms with Crippen molar-refractivity contribution >= 4 is 17.5 Å². The molecule has 1 atom stereocenters. The van der Waals surface area contributed by atoms with E-state index in [4.69, 9.17) is 16.3 Å². The van der Waals surface area contributed by atoms with E-state index in [1.165, 1.54) is 0 Å². The number of hydrogen-bond donors (Lipinski definition) is 0. The van der Waals surface area contributed by atoms with Gasteiger partial charge < -0.3 is 9.64 Å². The molecule has 0 spiro atoms. The summed E-state index contributed by atoms with van der Waals surface area (Å²) in [6, 6.07) is 7.79. The van der Waals surface area contributed by atoms with E-state index in [0.29, 0.717) is 19.6 Å². The highest BCUT2D eigenvalue weighted by atomic mass is 35.5. The van der Waals surface area contributed by atoms with Crippen LogP contribution in [0.2, 0.25) is 0 Å². The molecule has 0 radical (unpaired) electrons. The number of halogens is 1. The van der Waals surface area contributed by atoms with E-state index in [1.54, 1.807) is 11.9 Å². The highest BCUT2D eigenvalue weighted by Gasteiger charge is 2.10. The van der Waals surface area contributed by atoms with Crippen molar-refractivity contribution in [1.29, 1.82) is 0 Å². The Kier molecular flexibility index (Phi) is 5.99. The highest BCUT2D eigenvalue weighted by molar-refractivity contribution is 6.20. The topological polar surface area (TPSA) is 29.5 Å². The fourth-order valence-electron chi connectivity index (χ4n) is 1.63. The van der Waals surface area contributed by atoms with Crippen molar-refractivity contribution in [3.8, 4) is 5.75 Å². The minimum absolute atomic E-state index is 0.0309. The third-order valence-electron chi connectivity index (χ3n) is 2.53. The van der Waals surface area contributed by atoms with Crippen molar-refractivity contribution in [3.05, 3.63) is 29.8 Å². The van der Waals surface area contributed by atoms with E-state index >= 15 is 0 Å². The summed E-state index contributed by atoms with van der Waals surface area (Å²) in [5.74, 6) is 0.853. The van der Waals surface area contributed by atoms with Gasteiger partial charge in [0.25, 0.3) is 0 Å². The number of ether oxygens (including phenoxy) is 1. The molecule has 0 saturated carbocycles. The molecule has 0 saturated heterocycles. The molecule has 100 valence electrons. The summed E-state index contributed by atoms with van der Waals surface area (Å²) in [6.45, 7) is 4.83. The molecule has 18 heavy (non-hydrogen) atoms. The Balaban J connectivity index is 2.31. The first-order valence-electron chi connectivity index (χ1n) is 6.06. The SMILES string of the molecule is Cc1cccc(OCCC(=O)N(C)CC(C)Cl)c1. The molecule has 1 rings (SSSR count). The van der Waals surface area contributed by atoms with Gasteiger partial charge >= 0.3 is 0 Å². The lowest BCUT2D eigenvalue weighted by Gasteiger charge is -2.18. The Bertz CT molecular complexity index is 393. The summed E-state index contributed by atoms with van der Waals surface area (Å²) in [5.41, 5.74) is 1.15. The van der Waals surface area contributed by atoms with E-state index in [2.05, 4.69) is 0 Å². The molecule has 0 bridgehead atoms. The van der Waals surface area contributed by atoms with Gasteiger partial charge in [0.15, 0.2) is 0 Å². The number of carbonyl (C=O) groups is 1. The van der Waals surface area contributed by atoms with Crippen molar-refractivity contribution in [3.63, 3.8) is 0 Å². The third kappa shape index (κ3) is 5.41. The second kappa shape index (κ2) is 7.27. The van der Waals surface area contributed by atoms with Crippen molar-refractivity contribution < 1.29 is 9.53 Å². The molecule has 0 fully saturated rings. The normalized spacial score (nSPS) is 12.0. The summed E-state index contributed by atoms with van der Waals surface area (Å²) in [4.78, 5) is 13.4. The van der Waals surface area contributed by atoms with Crippen LogP contribution in [0.1, 0.15) is 18.9 Å². The summed E-state index contributed by atoms with van der Waals surface area (Å²) in [6.07, 6.45) is 0.369. The van der Waals surface area contributed by atoms with Crippen LogP contribution in [0.15, 0.2) is 24.3 Å². The van der Waals surface area contributed by atoms with Crippen LogP contribution in [0, 0.1) is 6.92 Å². The number of rotatable bonds is 6. The van der Waals surface area contributed by atoms with Gasteiger partial charge in [-0.15, -0.1) is 11.6 Å². The Morgan fingerprint density at radius 3 is 2.83 bits per heavy atom. The van der Waals surface area contributed by atoms with Crippen LogP contribution in [-0.4, -0.2) is 36.4 Å². The average Bonchev–Trinajstić information content (AvgIpc) is 2.28. The van der Waals surface area contributed by atoms with Gasteiger partial charge in [0.05, 0.1) is 13.0 Å². The number of carbonyl (C=O) groups excluding carboxylic acids is 1. The van der Waals surface area contributed by atoms with Crippen molar-refractivity contribution in [2.75, 3.05) is 20.2 Å². The van der Waals surface area contributed by atoms with Crippen LogP contribution in [0.5, 0.6) is 5.75 Å². The van der Waals surface area contributed by atoms with E-state index in [9.17, 15) is 4.79 Å². The molecular formula is C14H20ClNO2. The predicted molar refractivity (Wildman–Crippen MR) is 74.2 cm³/mol. The Morgan fingerprint density at radius 2 is 2.22 bits per heavy atom. The summed E-state index contributed by atoms with van der Waals surface area (Å²) >= 11 is 5.84. The lowest BCUT2D eigenvalue weighted by Crippen LogP contribution is -2.32. The zero-order valence-corrected chi connectivity index (χ0v) is 11.9. The van der Waals surface area contributed by atoms with Gasteiger partial charge in [0.1, 0.15) is 5.75 Å². The zero-order chi connectivity index (χ0) is 13.5. The van der Waals surface area contributed by atoms with Gasteiger partial charge in [-0.1, -0.05) is 12.1 Å². The molecule has 0 aliphatic rings. The van der Waals surface area contributed by atoms with Gasteiger partial charge in [0, 0.05) is 19.0 Å². The number of hydrogen-bond acceptors (Lipinski definition) is 2. The van der Waals surface area contributed by atoms with Gasteiger partial charge in [-0.25, -0.2) is 0 Å². The largest absolute Gasteiger partial charge is 0.493 e. The molecular weight excluding hydrogens is 250 g/mol. The van der Waals surface area contributed by atoms with Crippen LogP contribution in [0.25, 0.3) is 0 Å². The van der Waals surface area contributed by atoms with Gasteiger partial charge in [0.2, 0.25) is 5.91 Å². The number of benzene rings is 1. The average molecular weight is 270 g/mol. The Hall–Kier alpha value is -1.22. The van der Waals surface area contributed by atoms with Crippen molar-refractivity contribution in [2.45, 2.75) is 25.6 Å². The number of nitrogens with zero attached hydrogens (tertiary/aromatic N) is 1. The van der Waals surface area contributed by atoms with E-state index in [-0.39, 0.29) is 11.3 Å². The first-order chi connectivity index (χ1) is 8.49. The Morgan fingerprint density at radius 1 is 1.50 bits per heavy atom. The second-order valence-corrected chi connectivity index (χ2v) is 5.22. The van der Waals surface area contributed by atoms with E-state index < -0.39 is 0 Å². The van der Waals surface area contributed by atoms with Gasteiger partial charge in [-0.3, -0.25) is 4.79 Å². The van der Waals surface area contributed by atoms with Crippen molar-refractivity contribution in [2.24, 2.45) is 0 Å². The summed E-state index contributed by atoms with van der Waals surface area (Å²) in [7, 11) is 1.76. The van der Waals surface area contributed by atoms with Crippen LogP contribution >= 0.6 is 11.6 Å².